The van der Waals surface area contributed by atoms with Gasteiger partial charge in [0.2, 0.25) is 0 Å². The molecule has 1 unspecified atom stereocenters. The van der Waals surface area contributed by atoms with Gasteiger partial charge in [-0.15, -0.1) is 0 Å². The zero-order chi connectivity index (χ0) is 15.0. The lowest BCUT2D eigenvalue weighted by Gasteiger charge is -2.26. The van der Waals surface area contributed by atoms with E-state index in [0.29, 0.717) is 19.4 Å². The topological polar surface area (TPSA) is 75.7 Å². The van der Waals surface area contributed by atoms with Gasteiger partial charge in [0.25, 0.3) is 0 Å². The Bertz CT molecular complexity index is 397. The Morgan fingerprint density at radius 3 is 2.70 bits per heavy atom. The third kappa shape index (κ3) is 5.49. The predicted octanol–water partition coefficient (Wildman–Crippen LogP) is 1.87. The highest BCUT2D eigenvalue weighted by Crippen LogP contribution is 2.21. The van der Waals surface area contributed by atoms with Crippen molar-refractivity contribution in [2.45, 2.75) is 51.2 Å². The molecular weight excluding hydrogens is 254 g/mol. The summed E-state index contributed by atoms with van der Waals surface area (Å²) >= 11 is 0. The lowest BCUT2D eigenvalue weighted by molar-refractivity contribution is -0.0158. The average molecular weight is 281 g/mol. The molecule has 4 N–H and O–H groups in total. The summed E-state index contributed by atoms with van der Waals surface area (Å²) in [5, 5.41) is 19.9. The van der Waals surface area contributed by atoms with Gasteiger partial charge in [0.05, 0.1) is 11.7 Å². The molecule has 0 aromatic heterocycles. The van der Waals surface area contributed by atoms with Crippen molar-refractivity contribution in [1.29, 1.82) is 0 Å². The summed E-state index contributed by atoms with van der Waals surface area (Å²) in [6.07, 6.45) is 2.32. The average Bonchev–Trinajstić information content (AvgIpc) is 2.46. The highest BCUT2D eigenvalue weighted by Gasteiger charge is 2.24. The summed E-state index contributed by atoms with van der Waals surface area (Å²) in [5.41, 5.74) is 5.63. The van der Waals surface area contributed by atoms with Crippen LogP contribution in [0.2, 0.25) is 0 Å². The lowest BCUT2D eigenvalue weighted by atomic mass is 9.96. The first-order chi connectivity index (χ1) is 9.53. The number of benzene rings is 1. The maximum Gasteiger partial charge on any atom is 0.119 e. The van der Waals surface area contributed by atoms with Crippen LogP contribution in [0.1, 0.15) is 38.7 Å². The van der Waals surface area contributed by atoms with Crippen LogP contribution in [0.3, 0.4) is 0 Å². The van der Waals surface area contributed by atoms with Crippen molar-refractivity contribution >= 4 is 0 Å². The standard InChI is InChI=1S/C16H27NO3/c1-3-8-16(19,4-2)12-20-15-7-5-6-13(10-15)9-14(18)11-17/h5-7,10,14,18-19H,3-4,8-9,11-12,17H2,1-2H3/t14-,16?/m0/s1. The maximum absolute atomic E-state index is 10.4. The highest BCUT2D eigenvalue weighted by molar-refractivity contribution is 5.29. The van der Waals surface area contributed by atoms with E-state index in [-0.39, 0.29) is 6.54 Å². The molecule has 0 aliphatic rings. The van der Waals surface area contributed by atoms with E-state index >= 15 is 0 Å². The first kappa shape index (κ1) is 17.0. The van der Waals surface area contributed by atoms with E-state index in [2.05, 4.69) is 6.92 Å². The Morgan fingerprint density at radius 1 is 1.35 bits per heavy atom. The largest absolute Gasteiger partial charge is 0.491 e. The second-order valence-electron chi connectivity index (χ2n) is 5.36. The molecule has 0 heterocycles. The number of nitrogens with two attached hydrogens (primary N) is 1. The van der Waals surface area contributed by atoms with Crippen LogP contribution in [0, 0.1) is 0 Å². The van der Waals surface area contributed by atoms with Gasteiger partial charge in [-0.05, 0) is 37.0 Å². The lowest BCUT2D eigenvalue weighted by Crippen LogP contribution is -2.35. The SMILES string of the molecule is CCCC(O)(CC)COc1cccc(C[C@H](O)CN)c1. The number of aliphatic hydroxyl groups is 2. The molecule has 20 heavy (non-hydrogen) atoms. The Morgan fingerprint density at radius 2 is 2.10 bits per heavy atom. The number of aliphatic hydroxyl groups excluding tert-OH is 1. The molecule has 0 spiro atoms. The summed E-state index contributed by atoms with van der Waals surface area (Å²) in [6, 6.07) is 7.57. The molecule has 0 saturated carbocycles. The third-order valence-electron chi connectivity index (χ3n) is 3.52. The maximum atomic E-state index is 10.4. The Kier molecular flexibility index (Phi) is 6.99. The molecule has 0 radical (unpaired) electrons. The van der Waals surface area contributed by atoms with Gasteiger partial charge in [0, 0.05) is 6.54 Å². The molecule has 0 bridgehead atoms. The zero-order valence-electron chi connectivity index (χ0n) is 12.5. The molecular formula is C16H27NO3. The Labute approximate surface area is 121 Å². The first-order valence-electron chi connectivity index (χ1n) is 7.35. The van der Waals surface area contributed by atoms with Crippen molar-refractivity contribution in [3.63, 3.8) is 0 Å². The molecule has 1 rings (SSSR count). The van der Waals surface area contributed by atoms with E-state index in [1.165, 1.54) is 0 Å². The van der Waals surface area contributed by atoms with Crippen molar-refractivity contribution in [2.75, 3.05) is 13.2 Å². The molecule has 0 saturated heterocycles. The minimum absolute atomic E-state index is 0.247. The molecule has 4 heteroatoms. The molecule has 0 amide bonds. The van der Waals surface area contributed by atoms with Crippen LogP contribution in [0.25, 0.3) is 0 Å². The summed E-state index contributed by atoms with van der Waals surface area (Å²) in [6.45, 7) is 4.56. The van der Waals surface area contributed by atoms with Crippen molar-refractivity contribution in [3.8, 4) is 5.75 Å². The van der Waals surface area contributed by atoms with Crippen molar-refractivity contribution < 1.29 is 14.9 Å². The van der Waals surface area contributed by atoms with E-state index in [1.54, 1.807) is 0 Å². The fraction of sp³-hybridized carbons (Fsp3) is 0.625. The van der Waals surface area contributed by atoms with Gasteiger partial charge in [0.15, 0.2) is 0 Å². The quantitative estimate of drug-likeness (QED) is 0.646. The highest BCUT2D eigenvalue weighted by atomic mass is 16.5. The van der Waals surface area contributed by atoms with Crippen LogP contribution in [0.5, 0.6) is 5.75 Å². The number of hydrogen-bond acceptors (Lipinski definition) is 4. The summed E-state index contributed by atoms with van der Waals surface area (Å²) in [5.74, 6) is 0.717. The molecule has 1 aromatic rings. The molecule has 1 aromatic carbocycles. The minimum atomic E-state index is -0.762. The van der Waals surface area contributed by atoms with Crippen LogP contribution in [-0.2, 0) is 6.42 Å². The summed E-state index contributed by atoms with van der Waals surface area (Å²) < 4.78 is 5.71. The molecule has 2 atom stereocenters. The fourth-order valence-electron chi connectivity index (χ4n) is 2.15. The normalized spacial score (nSPS) is 15.7. The summed E-state index contributed by atoms with van der Waals surface area (Å²) in [4.78, 5) is 0. The molecule has 114 valence electrons. The van der Waals surface area contributed by atoms with Crippen LogP contribution in [-0.4, -0.2) is 35.1 Å². The van der Waals surface area contributed by atoms with Crippen LogP contribution < -0.4 is 10.5 Å². The molecule has 0 aliphatic heterocycles. The fourth-order valence-corrected chi connectivity index (χ4v) is 2.15. The second kappa shape index (κ2) is 8.25. The van der Waals surface area contributed by atoms with Crippen LogP contribution in [0.4, 0.5) is 0 Å². The van der Waals surface area contributed by atoms with E-state index < -0.39 is 11.7 Å². The third-order valence-corrected chi connectivity index (χ3v) is 3.52. The van der Waals surface area contributed by atoms with Crippen molar-refractivity contribution in [3.05, 3.63) is 29.8 Å². The number of rotatable bonds is 9. The van der Waals surface area contributed by atoms with Crippen LogP contribution in [0.15, 0.2) is 24.3 Å². The van der Waals surface area contributed by atoms with Gasteiger partial charge in [0.1, 0.15) is 12.4 Å². The number of ether oxygens (including phenoxy) is 1. The Hall–Kier alpha value is -1.10. The van der Waals surface area contributed by atoms with Gasteiger partial charge in [-0.3, -0.25) is 0 Å². The van der Waals surface area contributed by atoms with E-state index in [1.807, 2.05) is 31.2 Å². The van der Waals surface area contributed by atoms with E-state index in [4.69, 9.17) is 10.5 Å². The van der Waals surface area contributed by atoms with E-state index in [0.717, 1.165) is 24.2 Å². The van der Waals surface area contributed by atoms with Crippen molar-refractivity contribution in [1.82, 2.24) is 0 Å². The monoisotopic (exact) mass is 281 g/mol. The van der Waals surface area contributed by atoms with Gasteiger partial charge < -0.3 is 20.7 Å². The smallest absolute Gasteiger partial charge is 0.119 e. The summed E-state index contributed by atoms with van der Waals surface area (Å²) in [7, 11) is 0. The van der Waals surface area contributed by atoms with Gasteiger partial charge >= 0.3 is 0 Å². The second-order valence-corrected chi connectivity index (χ2v) is 5.36. The predicted molar refractivity (Wildman–Crippen MR) is 80.9 cm³/mol. The van der Waals surface area contributed by atoms with Gasteiger partial charge in [-0.1, -0.05) is 32.4 Å². The molecule has 0 fully saturated rings. The van der Waals surface area contributed by atoms with Crippen LogP contribution >= 0.6 is 0 Å². The minimum Gasteiger partial charge on any atom is -0.491 e. The number of hydrogen-bond donors (Lipinski definition) is 3. The molecule has 4 nitrogen and oxygen atoms in total. The van der Waals surface area contributed by atoms with Gasteiger partial charge in [-0.25, -0.2) is 0 Å². The first-order valence-corrected chi connectivity index (χ1v) is 7.35. The Balaban J connectivity index is 2.61. The van der Waals surface area contributed by atoms with E-state index in [9.17, 15) is 10.2 Å². The molecule has 0 aliphatic carbocycles. The van der Waals surface area contributed by atoms with Crippen molar-refractivity contribution in [2.24, 2.45) is 5.73 Å². The zero-order valence-corrected chi connectivity index (χ0v) is 12.5. The van der Waals surface area contributed by atoms with Gasteiger partial charge in [-0.2, -0.15) is 0 Å².